The smallest absolute Gasteiger partial charge is 0.362 e. The maximum absolute atomic E-state index is 6.18. The zero-order valence-electron chi connectivity index (χ0n) is 14.8. The van der Waals surface area contributed by atoms with Gasteiger partial charge in [0.1, 0.15) is 17.7 Å². The van der Waals surface area contributed by atoms with Crippen molar-refractivity contribution in [3.05, 3.63) is 59.2 Å². The van der Waals surface area contributed by atoms with Crippen molar-refractivity contribution in [2.24, 2.45) is 10.9 Å². The molecule has 0 fully saturated rings. The zero-order chi connectivity index (χ0) is 17.1. The van der Waals surface area contributed by atoms with E-state index >= 15 is 0 Å². The predicted molar refractivity (Wildman–Crippen MR) is 98.8 cm³/mol. The van der Waals surface area contributed by atoms with Crippen LogP contribution in [-0.4, -0.2) is 25.1 Å². The first-order valence-corrected chi connectivity index (χ1v) is 8.39. The molecule has 0 N–H and O–H groups in total. The van der Waals surface area contributed by atoms with Gasteiger partial charge in [-0.25, -0.2) is 4.42 Å². The van der Waals surface area contributed by atoms with E-state index in [-0.39, 0.29) is 0 Å². The van der Waals surface area contributed by atoms with E-state index in [0.717, 1.165) is 47.1 Å². The molecule has 0 spiro atoms. The van der Waals surface area contributed by atoms with Gasteiger partial charge in [0.05, 0.1) is 18.4 Å². The molecule has 2 aromatic carbocycles. The van der Waals surface area contributed by atoms with Gasteiger partial charge in [-0.2, -0.15) is 0 Å². The molecule has 124 valence electrons. The molecular weight excluding hydrogens is 298 g/mol. The van der Waals surface area contributed by atoms with Crippen molar-refractivity contribution in [1.29, 1.82) is 0 Å². The Bertz CT molecular complexity index is 786. The minimum atomic E-state index is 0.540. The average molecular weight is 322 g/mol. The van der Waals surface area contributed by atoms with Crippen LogP contribution in [0.5, 0.6) is 11.5 Å². The molecule has 0 amide bonds. The highest BCUT2D eigenvalue weighted by Crippen LogP contribution is 2.31. The maximum atomic E-state index is 6.18. The van der Waals surface area contributed by atoms with E-state index in [0.29, 0.717) is 5.92 Å². The number of nitrogens with zero attached hydrogens (tertiary/aromatic N) is 1. The molecule has 0 bridgehead atoms. The number of aliphatic imine (C=N–C) groups is 1. The third-order valence-corrected chi connectivity index (χ3v) is 4.07. The van der Waals surface area contributed by atoms with Gasteiger partial charge >= 0.3 is 11.5 Å². The Morgan fingerprint density at radius 1 is 1.12 bits per heavy atom. The number of fused-ring (bicyclic) bond motifs is 1. The summed E-state index contributed by atoms with van der Waals surface area (Å²) < 4.78 is 11.4. The summed E-state index contributed by atoms with van der Waals surface area (Å²) in [5.41, 5.74) is 4.52. The molecule has 3 nitrogen and oxygen atoms in total. The second-order valence-electron chi connectivity index (χ2n) is 6.61. The van der Waals surface area contributed by atoms with Gasteiger partial charge in [-0.05, 0) is 54.8 Å². The number of hydrogen-bond acceptors (Lipinski definition) is 2. The van der Waals surface area contributed by atoms with Crippen molar-refractivity contribution < 1.29 is 9.16 Å². The van der Waals surface area contributed by atoms with E-state index in [9.17, 15) is 0 Å². The summed E-state index contributed by atoms with van der Waals surface area (Å²) in [4.78, 5) is 4.87. The SMILES string of the molecule is COc1ccc(C2=[O+]c3ccc(C)cc3C(=NCC(C)C)C2)cc1. The average Bonchev–Trinajstić information content (AvgIpc) is 2.59. The number of ketones is 1. The van der Waals surface area contributed by atoms with E-state index in [1.807, 2.05) is 30.3 Å². The lowest BCUT2D eigenvalue weighted by molar-refractivity contribution is -0.169. The van der Waals surface area contributed by atoms with Crippen LogP contribution in [0.15, 0.2) is 47.5 Å². The Kier molecular flexibility index (Phi) is 4.79. The summed E-state index contributed by atoms with van der Waals surface area (Å²) in [5, 5.41) is 0. The molecule has 0 radical (unpaired) electrons. The summed E-state index contributed by atoms with van der Waals surface area (Å²) in [7, 11) is 1.68. The van der Waals surface area contributed by atoms with Gasteiger partial charge in [-0.3, -0.25) is 4.99 Å². The van der Waals surface area contributed by atoms with E-state index in [1.165, 1.54) is 5.56 Å². The second-order valence-corrected chi connectivity index (χ2v) is 6.61. The molecule has 0 saturated carbocycles. The minimum Gasteiger partial charge on any atom is -0.497 e. The summed E-state index contributed by atoms with van der Waals surface area (Å²) in [6.07, 6.45) is 0.718. The molecule has 0 saturated heterocycles. The van der Waals surface area contributed by atoms with Gasteiger partial charge in [0, 0.05) is 12.6 Å². The lowest BCUT2D eigenvalue weighted by Crippen LogP contribution is -2.16. The molecule has 0 atom stereocenters. The molecule has 1 aliphatic heterocycles. The standard InChI is InChI=1S/C21H24NO2/c1-14(2)13-22-19-12-21(16-6-8-17(23-4)9-7-16)24-20-10-5-15(3)11-18(19)20/h5-11,14H,12-13H2,1-4H3/q+1. The van der Waals surface area contributed by atoms with Crippen LogP contribution in [-0.2, 0) is 0 Å². The molecule has 3 heteroatoms. The van der Waals surface area contributed by atoms with Crippen molar-refractivity contribution >= 4 is 11.5 Å². The summed E-state index contributed by atoms with van der Waals surface area (Å²) >= 11 is 0. The van der Waals surface area contributed by atoms with E-state index in [2.05, 4.69) is 32.9 Å². The molecule has 24 heavy (non-hydrogen) atoms. The van der Waals surface area contributed by atoms with Crippen LogP contribution < -0.4 is 4.74 Å². The van der Waals surface area contributed by atoms with Gasteiger partial charge in [0.25, 0.3) is 0 Å². The monoisotopic (exact) mass is 322 g/mol. The van der Waals surface area contributed by atoms with Crippen molar-refractivity contribution in [1.82, 2.24) is 0 Å². The topological polar surface area (TPSA) is 32.9 Å². The van der Waals surface area contributed by atoms with E-state index < -0.39 is 0 Å². The number of carbonyl (C=O) groups excluding carboxylic acids is 1. The number of ether oxygens (including phenoxy) is 1. The van der Waals surface area contributed by atoms with Crippen molar-refractivity contribution in [2.75, 3.05) is 13.7 Å². The predicted octanol–water partition coefficient (Wildman–Crippen LogP) is 4.98. The number of methoxy groups -OCH3 is 1. The third-order valence-electron chi connectivity index (χ3n) is 4.07. The van der Waals surface area contributed by atoms with E-state index in [1.54, 1.807) is 7.11 Å². The zero-order valence-corrected chi connectivity index (χ0v) is 14.8. The summed E-state index contributed by atoms with van der Waals surface area (Å²) in [6, 6.07) is 14.3. The molecule has 1 heterocycles. The first kappa shape index (κ1) is 16.4. The van der Waals surface area contributed by atoms with Crippen LogP contribution in [0.4, 0.5) is 0 Å². The Balaban J connectivity index is 2.02. The van der Waals surface area contributed by atoms with Crippen LogP contribution in [0, 0.1) is 12.8 Å². The highest BCUT2D eigenvalue weighted by atomic mass is 16.5. The first-order chi connectivity index (χ1) is 11.6. The number of hydrogen-bond donors (Lipinski definition) is 0. The Hall–Kier alpha value is -2.42. The van der Waals surface area contributed by atoms with Gasteiger partial charge in [0.2, 0.25) is 0 Å². The molecular formula is C21H24NO2+. The summed E-state index contributed by atoms with van der Waals surface area (Å²) in [5.74, 6) is 3.22. The quantitative estimate of drug-likeness (QED) is 0.730. The Morgan fingerprint density at radius 2 is 1.88 bits per heavy atom. The van der Waals surface area contributed by atoms with Gasteiger partial charge in [0.15, 0.2) is 0 Å². The molecule has 0 unspecified atom stereocenters. The number of benzene rings is 2. The molecule has 3 rings (SSSR count). The molecule has 1 aliphatic rings. The Labute approximate surface area is 143 Å². The van der Waals surface area contributed by atoms with Gasteiger partial charge in [-0.15, -0.1) is 0 Å². The van der Waals surface area contributed by atoms with Gasteiger partial charge < -0.3 is 4.74 Å². The lowest BCUT2D eigenvalue weighted by atomic mass is 9.96. The van der Waals surface area contributed by atoms with Crippen LogP contribution in [0.3, 0.4) is 0 Å². The number of rotatable bonds is 4. The first-order valence-electron chi connectivity index (χ1n) is 8.39. The Morgan fingerprint density at radius 3 is 2.54 bits per heavy atom. The molecule has 0 aromatic heterocycles. The van der Waals surface area contributed by atoms with Crippen LogP contribution >= 0.6 is 0 Å². The fourth-order valence-corrected chi connectivity index (χ4v) is 2.75. The molecule has 2 aromatic rings. The van der Waals surface area contributed by atoms with Gasteiger partial charge in [-0.1, -0.05) is 13.8 Å². The largest absolute Gasteiger partial charge is 0.497 e. The normalized spacial score (nSPS) is 15.4. The fraction of sp³-hybridized carbons (Fsp3) is 0.333. The maximum Gasteiger partial charge on any atom is 0.362 e. The summed E-state index contributed by atoms with van der Waals surface area (Å²) in [6.45, 7) is 7.31. The van der Waals surface area contributed by atoms with Crippen molar-refractivity contribution in [2.45, 2.75) is 27.2 Å². The fourth-order valence-electron chi connectivity index (χ4n) is 2.75. The van der Waals surface area contributed by atoms with E-state index in [4.69, 9.17) is 14.2 Å². The number of aryl methyl sites for hydroxylation is 1. The third kappa shape index (κ3) is 3.56. The van der Waals surface area contributed by atoms with Crippen molar-refractivity contribution in [3.8, 4) is 11.5 Å². The highest BCUT2D eigenvalue weighted by Gasteiger charge is 2.31. The van der Waals surface area contributed by atoms with Crippen molar-refractivity contribution in [3.63, 3.8) is 0 Å². The lowest BCUT2D eigenvalue weighted by Gasteiger charge is -2.11. The molecule has 0 aliphatic carbocycles. The van der Waals surface area contributed by atoms with Crippen LogP contribution in [0.1, 0.15) is 41.4 Å². The van der Waals surface area contributed by atoms with Crippen LogP contribution in [0.2, 0.25) is 0 Å². The highest BCUT2D eigenvalue weighted by molar-refractivity contribution is 6.18. The minimum absolute atomic E-state index is 0.540. The van der Waals surface area contributed by atoms with Crippen LogP contribution in [0.25, 0.3) is 0 Å². The second kappa shape index (κ2) is 7.00.